The second-order valence-electron chi connectivity index (χ2n) is 4.72. The minimum atomic E-state index is 0.128. The normalized spacial score (nSPS) is 22.1. The van der Waals surface area contributed by atoms with E-state index < -0.39 is 0 Å². The number of nitrogens with one attached hydrogen (secondary N) is 2. The van der Waals surface area contributed by atoms with Gasteiger partial charge in [0.25, 0.3) is 0 Å². The minimum absolute atomic E-state index is 0.128. The third kappa shape index (κ3) is 3.30. The van der Waals surface area contributed by atoms with Crippen molar-refractivity contribution in [3.8, 4) is 0 Å². The van der Waals surface area contributed by atoms with Gasteiger partial charge in [-0.2, -0.15) is 0 Å². The lowest BCUT2D eigenvalue weighted by Crippen LogP contribution is -2.41. The third-order valence-electron chi connectivity index (χ3n) is 3.21. The predicted octanol–water partition coefficient (Wildman–Crippen LogP) is 2.23. The lowest BCUT2D eigenvalue weighted by molar-refractivity contribution is -0.126. The molecule has 4 heteroatoms. The number of hydrogen-bond donors (Lipinski definition) is 2. The lowest BCUT2D eigenvalue weighted by Gasteiger charge is -2.23. The molecule has 1 aliphatic heterocycles. The van der Waals surface area contributed by atoms with Crippen molar-refractivity contribution in [2.24, 2.45) is 5.92 Å². The van der Waals surface area contributed by atoms with Gasteiger partial charge in [-0.15, -0.1) is 11.3 Å². The van der Waals surface area contributed by atoms with E-state index in [2.05, 4.69) is 36.6 Å². The molecule has 2 rings (SSSR count). The van der Waals surface area contributed by atoms with E-state index in [0.717, 1.165) is 25.9 Å². The smallest absolute Gasteiger partial charge is 0.224 e. The Morgan fingerprint density at radius 1 is 1.59 bits per heavy atom. The minimum Gasteiger partial charge on any atom is -0.348 e. The molecule has 94 valence electrons. The van der Waals surface area contributed by atoms with Gasteiger partial charge in [0.05, 0.1) is 12.0 Å². The summed E-state index contributed by atoms with van der Waals surface area (Å²) in [4.78, 5) is 14.6. The number of rotatable bonds is 3. The van der Waals surface area contributed by atoms with Crippen LogP contribution in [0.25, 0.3) is 0 Å². The van der Waals surface area contributed by atoms with Crippen LogP contribution in [0.1, 0.15) is 35.6 Å². The SMILES string of the molecule is Cc1ccc(C(C)NC(=O)[C@H]2CCCNC2)s1. The molecule has 1 aromatic rings. The monoisotopic (exact) mass is 252 g/mol. The largest absolute Gasteiger partial charge is 0.348 e. The van der Waals surface area contributed by atoms with Gasteiger partial charge < -0.3 is 10.6 Å². The van der Waals surface area contributed by atoms with Crippen molar-refractivity contribution < 1.29 is 4.79 Å². The van der Waals surface area contributed by atoms with E-state index in [1.807, 2.05) is 0 Å². The van der Waals surface area contributed by atoms with Gasteiger partial charge in [-0.1, -0.05) is 0 Å². The van der Waals surface area contributed by atoms with E-state index in [-0.39, 0.29) is 17.9 Å². The van der Waals surface area contributed by atoms with E-state index in [1.165, 1.54) is 9.75 Å². The van der Waals surface area contributed by atoms with Crippen molar-refractivity contribution in [2.75, 3.05) is 13.1 Å². The number of carbonyl (C=O) groups excluding carboxylic acids is 1. The van der Waals surface area contributed by atoms with Crippen molar-refractivity contribution in [1.29, 1.82) is 0 Å². The van der Waals surface area contributed by atoms with E-state index >= 15 is 0 Å². The van der Waals surface area contributed by atoms with E-state index in [4.69, 9.17) is 0 Å². The van der Waals surface area contributed by atoms with Gasteiger partial charge in [0.15, 0.2) is 0 Å². The Morgan fingerprint density at radius 2 is 2.41 bits per heavy atom. The first-order valence-corrected chi connectivity index (χ1v) is 7.06. The molecule has 2 atom stereocenters. The molecule has 1 amide bonds. The average molecular weight is 252 g/mol. The zero-order chi connectivity index (χ0) is 12.3. The molecular formula is C13H20N2OS. The van der Waals surface area contributed by atoms with Gasteiger partial charge in [-0.3, -0.25) is 4.79 Å². The number of amides is 1. The maximum atomic E-state index is 12.0. The molecule has 0 aromatic carbocycles. The van der Waals surface area contributed by atoms with Crippen LogP contribution >= 0.6 is 11.3 Å². The highest BCUT2D eigenvalue weighted by Gasteiger charge is 2.22. The zero-order valence-corrected chi connectivity index (χ0v) is 11.3. The molecule has 0 radical (unpaired) electrons. The summed E-state index contributed by atoms with van der Waals surface area (Å²) in [6.45, 7) is 6.01. The summed E-state index contributed by atoms with van der Waals surface area (Å²) in [6, 6.07) is 4.33. The number of hydrogen-bond acceptors (Lipinski definition) is 3. The maximum Gasteiger partial charge on any atom is 0.224 e. The Bertz CT molecular complexity index is 383. The van der Waals surface area contributed by atoms with Crippen LogP contribution in [0, 0.1) is 12.8 Å². The Kier molecular flexibility index (Phi) is 4.18. The van der Waals surface area contributed by atoms with Crippen LogP contribution < -0.4 is 10.6 Å². The van der Waals surface area contributed by atoms with Gasteiger partial charge in [-0.05, 0) is 45.4 Å². The first-order chi connectivity index (χ1) is 8.16. The van der Waals surface area contributed by atoms with Gasteiger partial charge in [0.1, 0.15) is 0 Å². The van der Waals surface area contributed by atoms with E-state index in [9.17, 15) is 4.79 Å². The molecule has 2 N–H and O–H groups in total. The standard InChI is InChI=1S/C13H20N2OS/c1-9-5-6-12(17-9)10(2)15-13(16)11-4-3-7-14-8-11/h5-6,10-11,14H,3-4,7-8H2,1-2H3,(H,15,16)/t10?,11-/m0/s1. The topological polar surface area (TPSA) is 41.1 Å². The van der Waals surface area contributed by atoms with Crippen molar-refractivity contribution >= 4 is 17.2 Å². The van der Waals surface area contributed by atoms with Gasteiger partial charge in [0.2, 0.25) is 5.91 Å². The van der Waals surface area contributed by atoms with Crippen LogP contribution in [-0.4, -0.2) is 19.0 Å². The van der Waals surface area contributed by atoms with Crippen molar-refractivity contribution in [3.63, 3.8) is 0 Å². The second kappa shape index (κ2) is 5.65. The van der Waals surface area contributed by atoms with Crippen LogP contribution in [0.4, 0.5) is 0 Å². The molecule has 2 heterocycles. The summed E-state index contributed by atoms with van der Waals surface area (Å²) in [6.07, 6.45) is 2.11. The molecule has 0 bridgehead atoms. The molecule has 17 heavy (non-hydrogen) atoms. The number of aryl methyl sites for hydroxylation is 1. The first-order valence-electron chi connectivity index (χ1n) is 6.24. The van der Waals surface area contributed by atoms with Crippen molar-refractivity contribution in [1.82, 2.24) is 10.6 Å². The molecule has 1 aromatic heterocycles. The fourth-order valence-corrected chi connectivity index (χ4v) is 3.04. The predicted molar refractivity (Wildman–Crippen MR) is 71.2 cm³/mol. The molecule has 1 saturated heterocycles. The van der Waals surface area contributed by atoms with Crippen molar-refractivity contribution in [3.05, 3.63) is 21.9 Å². The second-order valence-corrected chi connectivity index (χ2v) is 6.04. The van der Waals surface area contributed by atoms with Crippen molar-refractivity contribution in [2.45, 2.75) is 32.7 Å². The molecular weight excluding hydrogens is 232 g/mol. The fourth-order valence-electron chi connectivity index (χ4n) is 2.16. The highest BCUT2D eigenvalue weighted by atomic mass is 32.1. The van der Waals surface area contributed by atoms with Gasteiger partial charge in [0, 0.05) is 16.3 Å². The molecule has 0 saturated carbocycles. The molecule has 1 unspecified atom stereocenters. The summed E-state index contributed by atoms with van der Waals surface area (Å²) < 4.78 is 0. The van der Waals surface area contributed by atoms with E-state index in [0.29, 0.717) is 0 Å². The molecule has 1 aliphatic rings. The highest BCUT2D eigenvalue weighted by molar-refractivity contribution is 7.12. The van der Waals surface area contributed by atoms with Crippen LogP contribution in [-0.2, 0) is 4.79 Å². The molecule has 0 aliphatic carbocycles. The summed E-state index contributed by atoms with van der Waals surface area (Å²) in [7, 11) is 0. The first kappa shape index (κ1) is 12.6. The van der Waals surface area contributed by atoms with Crippen LogP contribution in [0.15, 0.2) is 12.1 Å². The zero-order valence-electron chi connectivity index (χ0n) is 10.5. The summed E-state index contributed by atoms with van der Waals surface area (Å²) in [5.41, 5.74) is 0. The van der Waals surface area contributed by atoms with Gasteiger partial charge in [-0.25, -0.2) is 0 Å². The van der Waals surface area contributed by atoms with Crippen LogP contribution in [0.3, 0.4) is 0 Å². The van der Waals surface area contributed by atoms with Gasteiger partial charge >= 0.3 is 0 Å². The average Bonchev–Trinajstić information content (AvgIpc) is 2.77. The Morgan fingerprint density at radius 3 is 3.00 bits per heavy atom. The lowest BCUT2D eigenvalue weighted by atomic mass is 9.98. The Balaban J connectivity index is 1.89. The summed E-state index contributed by atoms with van der Waals surface area (Å²) in [5.74, 6) is 0.336. The molecule has 3 nitrogen and oxygen atoms in total. The highest BCUT2D eigenvalue weighted by Crippen LogP contribution is 2.23. The summed E-state index contributed by atoms with van der Waals surface area (Å²) >= 11 is 1.75. The Labute approximate surface area is 107 Å². The summed E-state index contributed by atoms with van der Waals surface area (Å²) in [5, 5.41) is 6.39. The van der Waals surface area contributed by atoms with Crippen LogP contribution in [0.5, 0.6) is 0 Å². The third-order valence-corrected chi connectivity index (χ3v) is 4.40. The van der Waals surface area contributed by atoms with Crippen LogP contribution in [0.2, 0.25) is 0 Å². The quantitative estimate of drug-likeness (QED) is 0.866. The number of thiophene rings is 1. The van der Waals surface area contributed by atoms with E-state index in [1.54, 1.807) is 11.3 Å². The number of carbonyl (C=O) groups is 1. The Hall–Kier alpha value is -0.870. The fraction of sp³-hybridized carbons (Fsp3) is 0.615. The maximum absolute atomic E-state index is 12.0. The molecule has 0 spiro atoms. The number of piperidine rings is 1. The molecule has 1 fully saturated rings.